The molecular weight excluding hydrogens is 335 g/mol. The van der Waals surface area contributed by atoms with Gasteiger partial charge in [-0.05, 0) is 38.8 Å². The third-order valence-corrected chi connectivity index (χ3v) is 1.24. The van der Waals surface area contributed by atoms with E-state index in [2.05, 4.69) is 67.5 Å². The third-order valence-electron chi connectivity index (χ3n) is 0.356. The number of rotatable bonds is 1. The van der Waals surface area contributed by atoms with Crippen molar-refractivity contribution in [3.8, 4) is 0 Å². The van der Waals surface area contributed by atoms with Crippen LogP contribution >= 0.6 is 54.5 Å². The minimum absolute atomic E-state index is 0.589. The zero-order chi connectivity index (χ0) is 5.86. The molecule has 0 saturated heterocycles. The van der Waals surface area contributed by atoms with Gasteiger partial charge in [0, 0.05) is 3.92 Å². The Morgan fingerprint density at radius 3 is 2.14 bits per heavy atom. The van der Waals surface area contributed by atoms with Gasteiger partial charge in [-0.1, -0.05) is 28.7 Å². The Labute approximate surface area is 74.1 Å². The molecule has 0 aliphatic heterocycles. The van der Waals surface area contributed by atoms with Crippen LogP contribution in [0.1, 0.15) is 6.92 Å². The van der Waals surface area contributed by atoms with E-state index in [1.165, 1.54) is 0 Å². The normalized spacial score (nSPS) is 13.1. The second-order valence-electron chi connectivity index (χ2n) is 1.13. The van der Waals surface area contributed by atoms with Gasteiger partial charge >= 0.3 is 0 Å². The second-order valence-corrected chi connectivity index (χ2v) is 5.87. The molecule has 0 amide bonds. The molecule has 0 aromatic rings. The minimum atomic E-state index is 0.589. The van der Waals surface area contributed by atoms with Crippen LogP contribution in [0.15, 0.2) is 9.47 Å². The van der Waals surface area contributed by atoms with Crippen LogP contribution in [-0.4, -0.2) is 3.92 Å². The molecule has 0 aromatic heterocycles. The summed E-state index contributed by atoms with van der Waals surface area (Å²) in [7, 11) is 0. The molecule has 0 aliphatic rings. The van der Waals surface area contributed by atoms with Gasteiger partial charge in [-0.25, -0.2) is 0 Å². The van der Waals surface area contributed by atoms with Crippen molar-refractivity contribution >= 4 is 54.5 Å². The quantitative estimate of drug-likeness (QED) is 0.507. The van der Waals surface area contributed by atoms with Crippen molar-refractivity contribution in [3.63, 3.8) is 0 Å². The predicted octanol–water partition coefficient (Wildman–Crippen LogP) is 3.44. The Kier molecular flexibility index (Phi) is 5.21. The first-order valence-electron chi connectivity index (χ1n) is 1.80. The summed E-state index contributed by atoms with van der Waals surface area (Å²) in [5.41, 5.74) is 0. The van der Waals surface area contributed by atoms with E-state index in [1.807, 2.05) is 0 Å². The average molecular weight is 340 g/mol. The highest BCUT2D eigenvalue weighted by molar-refractivity contribution is 14.1. The van der Waals surface area contributed by atoms with Crippen LogP contribution in [0, 0.1) is 0 Å². The number of alkyl halides is 1. The van der Waals surface area contributed by atoms with Crippen LogP contribution in [0.2, 0.25) is 0 Å². The lowest BCUT2D eigenvalue weighted by Gasteiger charge is -1.88. The molecule has 7 heavy (non-hydrogen) atoms. The molecule has 42 valence electrons. The van der Waals surface area contributed by atoms with Gasteiger partial charge in [-0.3, -0.25) is 0 Å². The summed E-state index contributed by atoms with van der Waals surface area (Å²) >= 11 is 8.82. The van der Waals surface area contributed by atoms with Gasteiger partial charge in [-0.2, -0.15) is 0 Å². The van der Waals surface area contributed by atoms with Crippen LogP contribution in [0.25, 0.3) is 0 Å². The van der Waals surface area contributed by atoms with E-state index >= 15 is 0 Å². The molecular formula is C4H5Br2I. The van der Waals surface area contributed by atoms with Crippen molar-refractivity contribution in [2.24, 2.45) is 0 Å². The van der Waals surface area contributed by atoms with Gasteiger partial charge in [-0.15, -0.1) is 0 Å². The topological polar surface area (TPSA) is 0 Å². The summed E-state index contributed by atoms with van der Waals surface area (Å²) < 4.78 is 1.62. The summed E-state index contributed by atoms with van der Waals surface area (Å²) in [5, 5.41) is 0. The molecule has 0 fully saturated rings. The first-order chi connectivity index (χ1) is 3.13. The van der Waals surface area contributed by atoms with Crippen molar-refractivity contribution in [3.05, 3.63) is 9.47 Å². The van der Waals surface area contributed by atoms with Gasteiger partial charge in [0.1, 0.15) is 0 Å². The summed E-state index contributed by atoms with van der Waals surface area (Å²) in [5.74, 6) is 0. The van der Waals surface area contributed by atoms with Crippen LogP contribution in [0.4, 0.5) is 0 Å². The Morgan fingerprint density at radius 1 is 1.71 bits per heavy atom. The van der Waals surface area contributed by atoms with Gasteiger partial charge in [0.15, 0.2) is 0 Å². The van der Waals surface area contributed by atoms with Crippen molar-refractivity contribution < 1.29 is 0 Å². The van der Waals surface area contributed by atoms with E-state index in [9.17, 15) is 0 Å². The monoisotopic (exact) mass is 338 g/mol. The fraction of sp³-hybridized carbons (Fsp3) is 0.500. The van der Waals surface area contributed by atoms with E-state index in [0.717, 1.165) is 3.39 Å². The molecule has 0 nitrogen and oxygen atoms in total. The second kappa shape index (κ2) is 4.32. The highest BCUT2D eigenvalue weighted by atomic mass is 127. The average Bonchev–Trinajstić information content (AvgIpc) is 1.27. The maximum absolute atomic E-state index is 3.25. The largest absolute Gasteiger partial charge is 0.0783 e. The van der Waals surface area contributed by atoms with Gasteiger partial charge in [0.2, 0.25) is 0 Å². The van der Waals surface area contributed by atoms with Gasteiger partial charge in [0.25, 0.3) is 0 Å². The first-order valence-corrected chi connectivity index (χ1v) is 4.63. The molecule has 0 aromatic carbocycles. The third kappa shape index (κ3) is 7.43. The molecule has 0 bridgehead atoms. The predicted molar refractivity (Wildman–Crippen MR) is 49.4 cm³/mol. The van der Waals surface area contributed by atoms with E-state index in [4.69, 9.17) is 0 Å². The Morgan fingerprint density at radius 2 is 2.14 bits per heavy atom. The van der Waals surface area contributed by atoms with E-state index in [-0.39, 0.29) is 0 Å². The standard InChI is InChI=1S/C4H5Br2I/c1-3(7)2-4(5)6/h2-3H,1H3/t3-/m1/s1. The minimum Gasteiger partial charge on any atom is -0.0783 e. The smallest absolute Gasteiger partial charge is 0.0574 e. The van der Waals surface area contributed by atoms with Gasteiger partial charge in [0.05, 0.1) is 3.39 Å². The molecule has 0 spiro atoms. The molecule has 0 radical (unpaired) electrons. The van der Waals surface area contributed by atoms with E-state index < -0.39 is 0 Å². The highest BCUT2D eigenvalue weighted by Gasteiger charge is 1.87. The molecule has 1 atom stereocenters. The van der Waals surface area contributed by atoms with Crippen LogP contribution in [-0.2, 0) is 0 Å². The van der Waals surface area contributed by atoms with Crippen LogP contribution < -0.4 is 0 Å². The molecule has 0 N–H and O–H groups in total. The van der Waals surface area contributed by atoms with Gasteiger partial charge < -0.3 is 0 Å². The van der Waals surface area contributed by atoms with Crippen molar-refractivity contribution in [1.29, 1.82) is 0 Å². The first kappa shape index (κ1) is 8.43. The van der Waals surface area contributed by atoms with Crippen molar-refractivity contribution in [2.75, 3.05) is 0 Å². The highest BCUT2D eigenvalue weighted by Crippen LogP contribution is 2.16. The number of allylic oxidation sites excluding steroid dienone is 1. The summed E-state index contributed by atoms with van der Waals surface area (Å²) in [6.45, 7) is 2.11. The maximum atomic E-state index is 3.25. The van der Waals surface area contributed by atoms with Crippen molar-refractivity contribution in [2.45, 2.75) is 10.8 Å². The molecule has 0 saturated carbocycles. The van der Waals surface area contributed by atoms with Crippen molar-refractivity contribution in [1.82, 2.24) is 0 Å². The SMILES string of the molecule is C[C@@H](I)C=C(Br)Br. The number of halogens is 3. The lowest BCUT2D eigenvalue weighted by molar-refractivity contribution is 1.31. The summed E-state index contributed by atoms with van der Waals surface area (Å²) in [6.07, 6.45) is 2.07. The molecule has 0 unspecified atom stereocenters. The molecule has 0 rings (SSSR count). The molecule has 3 heteroatoms. The molecule has 0 heterocycles. The fourth-order valence-corrected chi connectivity index (χ4v) is 2.31. The van der Waals surface area contributed by atoms with Crippen LogP contribution in [0.3, 0.4) is 0 Å². The lowest BCUT2D eigenvalue weighted by atomic mass is 10.5. The zero-order valence-electron chi connectivity index (χ0n) is 3.79. The Hall–Kier alpha value is 1.43. The summed E-state index contributed by atoms with van der Waals surface area (Å²) in [4.78, 5) is 0. The maximum Gasteiger partial charge on any atom is 0.0574 e. The lowest BCUT2D eigenvalue weighted by Crippen LogP contribution is -1.77. The Bertz CT molecular complexity index is 73.8. The van der Waals surface area contributed by atoms with E-state index in [1.54, 1.807) is 0 Å². The van der Waals surface area contributed by atoms with E-state index in [0.29, 0.717) is 3.92 Å². The Balaban J connectivity index is 3.45. The number of hydrogen-bond acceptors (Lipinski definition) is 0. The fourth-order valence-electron chi connectivity index (χ4n) is 0.174. The van der Waals surface area contributed by atoms with Crippen LogP contribution in [0.5, 0.6) is 0 Å². The number of hydrogen-bond donors (Lipinski definition) is 0. The molecule has 0 aliphatic carbocycles. The zero-order valence-corrected chi connectivity index (χ0v) is 9.12. The summed E-state index contributed by atoms with van der Waals surface area (Å²) in [6, 6.07) is 0.